The van der Waals surface area contributed by atoms with Crippen molar-refractivity contribution < 1.29 is 4.79 Å². The number of H-pyrrole nitrogens is 2. The van der Waals surface area contributed by atoms with Crippen LogP contribution in [-0.4, -0.2) is 21.8 Å². The van der Waals surface area contributed by atoms with Gasteiger partial charge < -0.3 is 15.7 Å². The molecule has 1 aliphatic carbocycles. The first-order chi connectivity index (χ1) is 9.13. The Morgan fingerprint density at radius 2 is 1.79 bits per heavy atom. The Morgan fingerprint density at radius 3 is 2.53 bits per heavy atom. The number of Topliss-reactive ketones (excluding diaryl/α,β-unsaturated/α-hetero) is 1. The number of carbonyl (C=O) groups is 1. The monoisotopic (exact) mass is 259 g/mol. The Kier molecular flexibility index (Phi) is 2.98. The fraction of sp³-hybridized carbons (Fsp3) is 0.429. The van der Waals surface area contributed by atoms with Gasteiger partial charge >= 0.3 is 5.69 Å². The highest BCUT2D eigenvalue weighted by Gasteiger charge is 2.25. The number of fused-ring (bicyclic) bond motifs is 1. The molecule has 5 heteroatoms. The van der Waals surface area contributed by atoms with Gasteiger partial charge in [-0.3, -0.25) is 4.79 Å². The molecule has 2 aromatic rings. The van der Waals surface area contributed by atoms with Crippen molar-refractivity contribution in [3.8, 4) is 0 Å². The summed E-state index contributed by atoms with van der Waals surface area (Å²) in [6, 6.07) is 5.55. The van der Waals surface area contributed by atoms with Gasteiger partial charge in [-0.1, -0.05) is 0 Å². The molecule has 1 fully saturated rings. The van der Waals surface area contributed by atoms with Crippen LogP contribution in [0.1, 0.15) is 36.0 Å². The van der Waals surface area contributed by atoms with Crippen LogP contribution >= 0.6 is 0 Å². The lowest BCUT2D eigenvalue weighted by atomic mass is 9.82. The zero-order chi connectivity index (χ0) is 13.4. The number of benzene rings is 1. The summed E-state index contributed by atoms with van der Waals surface area (Å²) in [7, 11) is 0. The number of nitrogens with one attached hydrogen (secondary N) is 2. The van der Waals surface area contributed by atoms with Crippen molar-refractivity contribution >= 4 is 16.8 Å². The molecule has 1 aliphatic rings. The van der Waals surface area contributed by atoms with E-state index in [1.54, 1.807) is 18.2 Å². The van der Waals surface area contributed by atoms with Crippen molar-refractivity contribution in [2.24, 2.45) is 11.7 Å². The largest absolute Gasteiger partial charge is 0.328 e. The molecule has 1 aromatic heterocycles. The molecule has 100 valence electrons. The third-order valence-corrected chi connectivity index (χ3v) is 3.94. The van der Waals surface area contributed by atoms with Crippen LogP contribution in [0.2, 0.25) is 0 Å². The van der Waals surface area contributed by atoms with Gasteiger partial charge in [0.15, 0.2) is 5.78 Å². The fourth-order valence-electron chi connectivity index (χ4n) is 2.80. The summed E-state index contributed by atoms with van der Waals surface area (Å²) in [5, 5.41) is 0. The first-order valence-electron chi connectivity index (χ1n) is 6.65. The molecule has 0 saturated heterocycles. The predicted molar refractivity (Wildman–Crippen MR) is 73.2 cm³/mol. The van der Waals surface area contributed by atoms with Gasteiger partial charge in [0.1, 0.15) is 0 Å². The van der Waals surface area contributed by atoms with Crippen molar-refractivity contribution in [2.75, 3.05) is 0 Å². The number of hydrogen-bond acceptors (Lipinski definition) is 3. The summed E-state index contributed by atoms with van der Waals surface area (Å²) >= 11 is 0. The molecule has 3 rings (SSSR count). The normalized spacial score (nSPS) is 23.6. The second-order valence-electron chi connectivity index (χ2n) is 5.32. The van der Waals surface area contributed by atoms with Crippen molar-refractivity contribution in [2.45, 2.75) is 31.7 Å². The quantitative estimate of drug-likeness (QED) is 0.714. The number of ketones is 1. The number of imidazole rings is 1. The Morgan fingerprint density at radius 1 is 1.11 bits per heavy atom. The van der Waals surface area contributed by atoms with Crippen molar-refractivity contribution in [1.82, 2.24) is 9.97 Å². The van der Waals surface area contributed by atoms with E-state index in [1.165, 1.54) is 0 Å². The maximum Gasteiger partial charge on any atom is 0.323 e. The maximum absolute atomic E-state index is 12.4. The van der Waals surface area contributed by atoms with Gasteiger partial charge in [-0.15, -0.1) is 0 Å². The lowest BCUT2D eigenvalue weighted by Gasteiger charge is -2.24. The summed E-state index contributed by atoms with van der Waals surface area (Å²) in [6.45, 7) is 0. The van der Waals surface area contributed by atoms with Crippen LogP contribution in [0.5, 0.6) is 0 Å². The summed E-state index contributed by atoms with van der Waals surface area (Å²) < 4.78 is 0. The average Bonchev–Trinajstić information content (AvgIpc) is 2.77. The molecule has 4 N–H and O–H groups in total. The van der Waals surface area contributed by atoms with Crippen LogP contribution in [-0.2, 0) is 0 Å². The zero-order valence-corrected chi connectivity index (χ0v) is 10.6. The number of rotatable bonds is 2. The van der Waals surface area contributed by atoms with Crippen LogP contribution in [0.15, 0.2) is 23.0 Å². The van der Waals surface area contributed by atoms with Crippen LogP contribution < -0.4 is 11.4 Å². The molecule has 1 heterocycles. The average molecular weight is 259 g/mol. The second kappa shape index (κ2) is 4.66. The third-order valence-electron chi connectivity index (χ3n) is 3.94. The molecular weight excluding hydrogens is 242 g/mol. The van der Waals surface area contributed by atoms with E-state index in [0.717, 1.165) is 31.2 Å². The Bertz CT molecular complexity index is 663. The first kappa shape index (κ1) is 12.2. The minimum atomic E-state index is -0.247. The maximum atomic E-state index is 12.4. The SMILES string of the molecule is NC1CCC(C(=O)c2ccc3[nH]c(=O)[nH]c3c2)CC1. The number of carbonyl (C=O) groups excluding carboxylic acids is 1. The molecular formula is C14H17N3O2. The fourth-order valence-corrected chi connectivity index (χ4v) is 2.80. The van der Waals surface area contributed by atoms with E-state index < -0.39 is 0 Å². The van der Waals surface area contributed by atoms with Crippen molar-refractivity contribution in [3.63, 3.8) is 0 Å². The summed E-state index contributed by atoms with van der Waals surface area (Å²) in [5.41, 5.74) is 7.69. The molecule has 1 saturated carbocycles. The molecule has 0 atom stereocenters. The van der Waals surface area contributed by atoms with Gasteiger partial charge in [-0.05, 0) is 43.9 Å². The van der Waals surface area contributed by atoms with E-state index in [2.05, 4.69) is 9.97 Å². The summed E-state index contributed by atoms with van der Waals surface area (Å²) in [4.78, 5) is 29.0. The van der Waals surface area contributed by atoms with E-state index >= 15 is 0 Å². The van der Waals surface area contributed by atoms with Gasteiger partial charge in [0, 0.05) is 17.5 Å². The van der Waals surface area contributed by atoms with Crippen LogP contribution in [0.25, 0.3) is 11.0 Å². The topological polar surface area (TPSA) is 91.7 Å². The van der Waals surface area contributed by atoms with E-state index in [0.29, 0.717) is 11.1 Å². The number of nitrogens with two attached hydrogens (primary N) is 1. The van der Waals surface area contributed by atoms with E-state index in [-0.39, 0.29) is 23.4 Å². The molecule has 5 nitrogen and oxygen atoms in total. The Balaban J connectivity index is 1.86. The number of aromatic nitrogens is 2. The minimum absolute atomic E-state index is 0.0721. The molecule has 0 unspecified atom stereocenters. The van der Waals surface area contributed by atoms with Crippen molar-refractivity contribution in [1.29, 1.82) is 0 Å². The van der Waals surface area contributed by atoms with Gasteiger partial charge in [0.25, 0.3) is 0 Å². The lowest BCUT2D eigenvalue weighted by Crippen LogP contribution is -2.29. The first-order valence-corrected chi connectivity index (χ1v) is 6.65. The standard InChI is InChI=1S/C14H17N3O2/c15-10-4-1-8(2-5-10)13(18)9-3-6-11-12(7-9)17-14(19)16-11/h3,6-8,10H,1-2,4-5,15H2,(H2,16,17,19). The van der Waals surface area contributed by atoms with Gasteiger partial charge in [-0.25, -0.2) is 4.79 Å². The van der Waals surface area contributed by atoms with Crippen LogP contribution in [0, 0.1) is 5.92 Å². The molecule has 0 radical (unpaired) electrons. The minimum Gasteiger partial charge on any atom is -0.328 e. The zero-order valence-electron chi connectivity index (χ0n) is 10.6. The molecule has 0 spiro atoms. The Labute approximate surface area is 110 Å². The molecule has 0 bridgehead atoms. The lowest BCUT2D eigenvalue weighted by molar-refractivity contribution is 0.0885. The Hall–Kier alpha value is -1.88. The highest BCUT2D eigenvalue weighted by atomic mass is 16.1. The van der Waals surface area contributed by atoms with E-state index in [9.17, 15) is 9.59 Å². The number of hydrogen-bond donors (Lipinski definition) is 3. The summed E-state index contributed by atoms with van der Waals surface area (Å²) in [5.74, 6) is 0.235. The molecule has 1 aromatic carbocycles. The number of aromatic amines is 2. The van der Waals surface area contributed by atoms with Crippen LogP contribution in [0.4, 0.5) is 0 Å². The third kappa shape index (κ3) is 2.33. The molecule has 19 heavy (non-hydrogen) atoms. The van der Waals surface area contributed by atoms with E-state index in [4.69, 9.17) is 5.73 Å². The second-order valence-corrected chi connectivity index (χ2v) is 5.32. The highest BCUT2D eigenvalue weighted by molar-refractivity contribution is 6.00. The summed E-state index contributed by atoms with van der Waals surface area (Å²) in [6.07, 6.45) is 3.56. The smallest absolute Gasteiger partial charge is 0.323 e. The van der Waals surface area contributed by atoms with Crippen molar-refractivity contribution in [3.05, 3.63) is 34.2 Å². The van der Waals surface area contributed by atoms with Gasteiger partial charge in [0.2, 0.25) is 0 Å². The van der Waals surface area contributed by atoms with Crippen LogP contribution in [0.3, 0.4) is 0 Å². The highest BCUT2D eigenvalue weighted by Crippen LogP contribution is 2.27. The van der Waals surface area contributed by atoms with Gasteiger partial charge in [0.05, 0.1) is 11.0 Å². The molecule has 0 amide bonds. The predicted octanol–water partition coefficient (Wildman–Crippen LogP) is 1.56. The van der Waals surface area contributed by atoms with Gasteiger partial charge in [-0.2, -0.15) is 0 Å². The van der Waals surface area contributed by atoms with E-state index in [1.807, 2.05) is 0 Å². The molecule has 0 aliphatic heterocycles.